The topological polar surface area (TPSA) is 65.4 Å². The summed E-state index contributed by atoms with van der Waals surface area (Å²) in [6, 6.07) is 11.9. The summed E-state index contributed by atoms with van der Waals surface area (Å²) < 4.78 is 19.7. The van der Waals surface area contributed by atoms with Crippen molar-refractivity contribution in [3.8, 4) is 11.8 Å². The lowest BCUT2D eigenvalue weighted by Crippen LogP contribution is -2.19. The molecule has 1 heterocycles. The quantitative estimate of drug-likeness (QED) is 0.622. The van der Waals surface area contributed by atoms with E-state index in [4.69, 9.17) is 4.74 Å². The van der Waals surface area contributed by atoms with Gasteiger partial charge in [0.2, 0.25) is 0 Å². The molecule has 0 spiro atoms. The molecule has 0 atom stereocenters. The number of amides is 1. The van der Waals surface area contributed by atoms with Gasteiger partial charge in [-0.3, -0.25) is 4.79 Å². The van der Waals surface area contributed by atoms with Crippen molar-refractivity contribution in [2.24, 2.45) is 0 Å². The van der Waals surface area contributed by atoms with E-state index in [2.05, 4.69) is 5.32 Å². The summed E-state index contributed by atoms with van der Waals surface area (Å²) in [7, 11) is 1.53. The molecule has 0 radical (unpaired) electrons. The van der Waals surface area contributed by atoms with Gasteiger partial charge in [-0.2, -0.15) is 5.26 Å². The van der Waals surface area contributed by atoms with Crippen molar-refractivity contribution < 1.29 is 13.9 Å². The zero-order valence-electron chi connectivity index (χ0n) is 16.0. The van der Waals surface area contributed by atoms with Crippen LogP contribution in [0.3, 0.4) is 0 Å². The van der Waals surface area contributed by atoms with Crippen molar-refractivity contribution in [3.63, 3.8) is 0 Å². The first-order chi connectivity index (χ1) is 13.5. The Hall–Kier alpha value is -3.33. The predicted molar refractivity (Wildman–Crippen MR) is 108 cm³/mol. The third kappa shape index (κ3) is 4.32. The number of hydrogen-bond donors (Lipinski definition) is 1. The van der Waals surface area contributed by atoms with Gasteiger partial charge in [0, 0.05) is 24.8 Å². The summed E-state index contributed by atoms with van der Waals surface area (Å²) in [5.41, 5.74) is 2.31. The average Bonchev–Trinajstić information content (AvgIpc) is 3.22. The standard InChI is InChI=1S/C22H22FN3O2/c1-15-10-21(26-8-3-4-9-26)20(23)12-16(15)11-17(14-24)22(27)25-18-6-5-7-19(13-18)28-2/h5-7,10-13H,3-4,8-9H2,1-2H3,(H,25,27)/b17-11-. The average molecular weight is 379 g/mol. The molecule has 1 N–H and O–H groups in total. The fourth-order valence-electron chi connectivity index (χ4n) is 3.24. The summed E-state index contributed by atoms with van der Waals surface area (Å²) in [6.45, 7) is 3.54. The third-order valence-corrected chi connectivity index (χ3v) is 4.77. The smallest absolute Gasteiger partial charge is 0.266 e. The molecular formula is C22H22FN3O2. The van der Waals surface area contributed by atoms with Gasteiger partial charge in [0.1, 0.15) is 23.2 Å². The summed E-state index contributed by atoms with van der Waals surface area (Å²) in [5, 5.41) is 12.1. The highest BCUT2D eigenvalue weighted by Crippen LogP contribution is 2.28. The number of ether oxygens (including phenoxy) is 1. The lowest BCUT2D eigenvalue weighted by molar-refractivity contribution is -0.112. The van der Waals surface area contributed by atoms with E-state index in [0.717, 1.165) is 31.5 Å². The van der Waals surface area contributed by atoms with E-state index >= 15 is 0 Å². The highest BCUT2D eigenvalue weighted by atomic mass is 19.1. The van der Waals surface area contributed by atoms with Crippen LogP contribution < -0.4 is 15.0 Å². The third-order valence-electron chi connectivity index (χ3n) is 4.77. The number of benzene rings is 2. The number of nitrogens with one attached hydrogen (secondary N) is 1. The highest BCUT2D eigenvalue weighted by molar-refractivity contribution is 6.09. The summed E-state index contributed by atoms with van der Waals surface area (Å²) in [5.74, 6) is -0.306. The molecule has 3 rings (SSSR count). The Bertz CT molecular complexity index is 957. The zero-order valence-corrected chi connectivity index (χ0v) is 16.0. The van der Waals surface area contributed by atoms with Crippen molar-refractivity contribution in [2.45, 2.75) is 19.8 Å². The molecule has 0 bridgehead atoms. The molecule has 144 valence electrons. The first-order valence-corrected chi connectivity index (χ1v) is 9.14. The summed E-state index contributed by atoms with van der Waals surface area (Å²) >= 11 is 0. The van der Waals surface area contributed by atoms with Crippen LogP contribution in [0.25, 0.3) is 6.08 Å². The minimum Gasteiger partial charge on any atom is -0.497 e. The number of carbonyl (C=O) groups is 1. The summed E-state index contributed by atoms with van der Waals surface area (Å²) in [6.07, 6.45) is 3.54. The van der Waals surface area contributed by atoms with E-state index in [-0.39, 0.29) is 11.4 Å². The highest BCUT2D eigenvalue weighted by Gasteiger charge is 2.18. The molecule has 0 unspecified atom stereocenters. The molecule has 2 aromatic carbocycles. The van der Waals surface area contributed by atoms with Gasteiger partial charge in [0.25, 0.3) is 5.91 Å². The molecule has 2 aromatic rings. The molecule has 1 saturated heterocycles. The van der Waals surface area contributed by atoms with Gasteiger partial charge in [0.05, 0.1) is 12.8 Å². The van der Waals surface area contributed by atoms with Crippen LogP contribution in [0.4, 0.5) is 15.8 Å². The maximum Gasteiger partial charge on any atom is 0.266 e. The Balaban J connectivity index is 1.84. The molecule has 1 aliphatic rings. The van der Waals surface area contributed by atoms with Crippen LogP contribution in [0, 0.1) is 24.1 Å². The van der Waals surface area contributed by atoms with E-state index in [0.29, 0.717) is 22.7 Å². The molecule has 0 aliphatic carbocycles. The molecule has 1 aliphatic heterocycles. The number of aryl methyl sites for hydroxylation is 1. The molecular weight excluding hydrogens is 357 g/mol. The molecule has 6 heteroatoms. The van der Waals surface area contributed by atoms with Gasteiger partial charge < -0.3 is 15.0 Å². The Kier molecular flexibility index (Phi) is 5.95. The van der Waals surface area contributed by atoms with E-state index < -0.39 is 5.91 Å². The lowest BCUT2D eigenvalue weighted by Gasteiger charge is -2.19. The zero-order chi connectivity index (χ0) is 20.1. The van der Waals surface area contributed by atoms with Crippen molar-refractivity contribution in [3.05, 3.63) is 58.9 Å². The Morgan fingerprint density at radius 3 is 2.71 bits per heavy atom. The van der Waals surface area contributed by atoms with Crippen molar-refractivity contribution in [1.29, 1.82) is 5.26 Å². The Labute approximate surface area is 164 Å². The van der Waals surface area contributed by atoms with Crippen LogP contribution in [-0.2, 0) is 4.79 Å². The second-order valence-electron chi connectivity index (χ2n) is 6.71. The molecule has 5 nitrogen and oxygen atoms in total. The number of methoxy groups -OCH3 is 1. The van der Waals surface area contributed by atoms with Crippen LogP contribution in [0.5, 0.6) is 5.75 Å². The fraction of sp³-hybridized carbons (Fsp3) is 0.273. The van der Waals surface area contributed by atoms with Crippen molar-refractivity contribution >= 4 is 23.4 Å². The monoisotopic (exact) mass is 379 g/mol. The van der Waals surface area contributed by atoms with E-state index in [9.17, 15) is 14.4 Å². The van der Waals surface area contributed by atoms with Crippen molar-refractivity contribution in [1.82, 2.24) is 0 Å². The minimum atomic E-state index is -0.556. The molecule has 1 fully saturated rings. The number of halogens is 1. The van der Waals surface area contributed by atoms with Crippen molar-refractivity contribution in [2.75, 3.05) is 30.4 Å². The van der Waals surface area contributed by atoms with Gasteiger partial charge in [-0.15, -0.1) is 0 Å². The van der Waals surface area contributed by atoms with Gasteiger partial charge in [-0.05, 0) is 61.2 Å². The van der Waals surface area contributed by atoms with Crippen LogP contribution in [0.2, 0.25) is 0 Å². The van der Waals surface area contributed by atoms with Gasteiger partial charge in [-0.25, -0.2) is 4.39 Å². The van der Waals surface area contributed by atoms with Crippen LogP contribution >= 0.6 is 0 Å². The fourth-order valence-corrected chi connectivity index (χ4v) is 3.24. The van der Waals surface area contributed by atoms with Crippen LogP contribution in [-0.4, -0.2) is 26.1 Å². The number of hydrogen-bond acceptors (Lipinski definition) is 4. The Morgan fingerprint density at radius 2 is 2.04 bits per heavy atom. The van der Waals surface area contributed by atoms with E-state index in [1.807, 2.05) is 17.9 Å². The van der Waals surface area contributed by atoms with E-state index in [1.165, 1.54) is 19.3 Å². The van der Waals surface area contributed by atoms with Crippen LogP contribution in [0.15, 0.2) is 42.0 Å². The maximum atomic E-state index is 14.6. The molecule has 1 amide bonds. The van der Waals surface area contributed by atoms with Gasteiger partial charge in [0.15, 0.2) is 0 Å². The molecule has 0 saturated carbocycles. The second-order valence-corrected chi connectivity index (χ2v) is 6.71. The first-order valence-electron chi connectivity index (χ1n) is 9.14. The largest absolute Gasteiger partial charge is 0.497 e. The minimum absolute atomic E-state index is 0.0979. The molecule has 0 aromatic heterocycles. The lowest BCUT2D eigenvalue weighted by atomic mass is 10.0. The maximum absolute atomic E-state index is 14.6. The SMILES string of the molecule is COc1cccc(NC(=O)/C(C#N)=C\c2cc(F)c(N3CCCC3)cc2C)c1. The number of rotatable bonds is 5. The Morgan fingerprint density at radius 1 is 1.29 bits per heavy atom. The number of nitrogens with zero attached hydrogens (tertiary/aromatic N) is 2. The predicted octanol–water partition coefficient (Wildman–Crippen LogP) is 4.29. The first kappa shape index (κ1) is 19.4. The summed E-state index contributed by atoms with van der Waals surface area (Å²) in [4.78, 5) is 14.5. The normalized spacial score (nSPS) is 13.9. The number of anilines is 2. The number of nitriles is 1. The van der Waals surface area contributed by atoms with E-state index in [1.54, 1.807) is 30.3 Å². The van der Waals surface area contributed by atoms with Crippen LogP contribution in [0.1, 0.15) is 24.0 Å². The van der Waals surface area contributed by atoms with Gasteiger partial charge in [-0.1, -0.05) is 6.07 Å². The van der Waals surface area contributed by atoms with Gasteiger partial charge >= 0.3 is 0 Å². The number of carbonyl (C=O) groups excluding carboxylic acids is 1. The molecule has 28 heavy (non-hydrogen) atoms. The second kappa shape index (κ2) is 8.57.